The maximum absolute atomic E-state index is 13.5. The second-order valence-corrected chi connectivity index (χ2v) is 12.1. The Morgan fingerprint density at radius 1 is 0.919 bits per heavy atom. The van der Waals surface area contributed by atoms with Gasteiger partial charge in [-0.2, -0.15) is 4.31 Å². The van der Waals surface area contributed by atoms with E-state index < -0.39 is 34.2 Å². The SMILES string of the molecule is Cc1ccc(S(=O)(=O)N(C)CC(=O)N(Cc2ccc(C(C)(C)C)cc2)c2ccc(C(=O)O)c(O)c2)cc1. The molecule has 9 heteroatoms. The molecule has 3 rings (SSSR count). The predicted molar refractivity (Wildman–Crippen MR) is 142 cm³/mol. The number of benzene rings is 3. The predicted octanol–water partition coefficient (Wildman–Crippen LogP) is 4.55. The first kappa shape index (κ1) is 27.9. The molecule has 2 N–H and O–H groups in total. The Morgan fingerprint density at radius 3 is 2.03 bits per heavy atom. The molecular formula is C28H32N2O6S. The Morgan fingerprint density at radius 2 is 1.51 bits per heavy atom. The molecule has 0 unspecified atom stereocenters. The number of nitrogens with zero attached hydrogens (tertiary/aromatic N) is 2. The number of aromatic hydroxyl groups is 1. The summed E-state index contributed by atoms with van der Waals surface area (Å²) in [5.74, 6) is -2.34. The lowest BCUT2D eigenvalue weighted by molar-refractivity contribution is -0.118. The monoisotopic (exact) mass is 524 g/mol. The van der Waals surface area contributed by atoms with Crippen molar-refractivity contribution in [2.75, 3.05) is 18.5 Å². The van der Waals surface area contributed by atoms with Gasteiger partial charge < -0.3 is 15.1 Å². The molecule has 0 aliphatic heterocycles. The number of amides is 1. The highest BCUT2D eigenvalue weighted by atomic mass is 32.2. The number of carbonyl (C=O) groups is 2. The van der Waals surface area contributed by atoms with Crippen molar-refractivity contribution < 1.29 is 28.2 Å². The fourth-order valence-electron chi connectivity index (χ4n) is 3.74. The summed E-state index contributed by atoms with van der Waals surface area (Å²) in [4.78, 5) is 26.2. The van der Waals surface area contributed by atoms with Crippen LogP contribution in [-0.2, 0) is 26.8 Å². The van der Waals surface area contributed by atoms with Crippen LogP contribution in [0, 0.1) is 6.92 Å². The number of carboxylic acid groups (broad SMARTS) is 1. The van der Waals surface area contributed by atoms with Crippen molar-refractivity contribution in [3.8, 4) is 5.75 Å². The maximum Gasteiger partial charge on any atom is 0.339 e. The normalized spacial score (nSPS) is 11.9. The Kier molecular flexibility index (Phi) is 8.09. The number of hydrogen-bond acceptors (Lipinski definition) is 5. The molecule has 0 atom stereocenters. The fraction of sp³-hybridized carbons (Fsp3) is 0.286. The van der Waals surface area contributed by atoms with Crippen LogP contribution >= 0.6 is 0 Å². The number of carboxylic acids is 1. The van der Waals surface area contributed by atoms with E-state index in [1.54, 1.807) is 12.1 Å². The van der Waals surface area contributed by atoms with Gasteiger partial charge >= 0.3 is 5.97 Å². The minimum Gasteiger partial charge on any atom is -0.507 e. The minimum atomic E-state index is -3.93. The topological polar surface area (TPSA) is 115 Å². The molecule has 0 saturated carbocycles. The number of aromatic carboxylic acids is 1. The van der Waals surface area contributed by atoms with Crippen LogP contribution in [0.15, 0.2) is 71.6 Å². The fourth-order valence-corrected chi connectivity index (χ4v) is 4.86. The van der Waals surface area contributed by atoms with E-state index >= 15 is 0 Å². The molecule has 0 saturated heterocycles. The van der Waals surface area contributed by atoms with Crippen molar-refractivity contribution in [3.05, 3.63) is 89.0 Å². The molecule has 0 aromatic heterocycles. The third kappa shape index (κ3) is 6.55. The minimum absolute atomic E-state index is 0.0560. The largest absolute Gasteiger partial charge is 0.507 e. The smallest absolute Gasteiger partial charge is 0.339 e. The van der Waals surface area contributed by atoms with E-state index in [0.29, 0.717) is 0 Å². The van der Waals surface area contributed by atoms with Crippen LogP contribution in [0.1, 0.15) is 47.8 Å². The van der Waals surface area contributed by atoms with E-state index in [1.807, 2.05) is 31.2 Å². The summed E-state index contributed by atoms with van der Waals surface area (Å²) < 4.78 is 27.1. The highest BCUT2D eigenvalue weighted by molar-refractivity contribution is 7.89. The van der Waals surface area contributed by atoms with Crippen molar-refractivity contribution in [1.82, 2.24) is 4.31 Å². The lowest BCUT2D eigenvalue weighted by atomic mass is 9.87. The molecule has 0 aliphatic rings. The molecule has 0 heterocycles. The van der Waals surface area contributed by atoms with Gasteiger partial charge in [-0.25, -0.2) is 13.2 Å². The third-order valence-corrected chi connectivity index (χ3v) is 7.89. The average Bonchev–Trinajstić information content (AvgIpc) is 2.82. The van der Waals surface area contributed by atoms with Gasteiger partial charge in [-0.1, -0.05) is 62.7 Å². The Bertz CT molecular complexity index is 1390. The van der Waals surface area contributed by atoms with E-state index in [2.05, 4.69) is 20.8 Å². The number of hydrogen-bond donors (Lipinski definition) is 2. The first-order valence-corrected chi connectivity index (χ1v) is 13.1. The van der Waals surface area contributed by atoms with Crippen LogP contribution in [0.4, 0.5) is 5.69 Å². The van der Waals surface area contributed by atoms with Crippen molar-refractivity contribution in [2.24, 2.45) is 0 Å². The van der Waals surface area contributed by atoms with Crippen LogP contribution in [0.3, 0.4) is 0 Å². The van der Waals surface area contributed by atoms with Crippen molar-refractivity contribution in [1.29, 1.82) is 0 Å². The molecule has 0 radical (unpaired) electrons. The molecule has 0 spiro atoms. The van der Waals surface area contributed by atoms with Crippen molar-refractivity contribution >= 4 is 27.6 Å². The number of anilines is 1. The van der Waals surface area contributed by atoms with E-state index in [9.17, 15) is 28.2 Å². The summed E-state index contributed by atoms with van der Waals surface area (Å²) in [6.45, 7) is 7.75. The van der Waals surface area contributed by atoms with Gasteiger partial charge in [-0.15, -0.1) is 0 Å². The maximum atomic E-state index is 13.5. The van der Waals surface area contributed by atoms with Crippen LogP contribution in [0.5, 0.6) is 5.75 Å². The molecule has 3 aromatic rings. The van der Waals surface area contributed by atoms with E-state index in [1.165, 1.54) is 42.3 Å². The highest BCUT2D eigenvalue weighted by Crippen LogP contribution is 2.28. The second kappa shape index (κ2) is 10.7. The van der Waals surface area contributed by atoms with Crippen LogP contribution in [0.25, 0.3) is 0 Å². The summed E-state index contributed by atoms with van der Waals surface area (Å²) >= 11 is 0. The number of sulfonamides is 1. The Balaban J connectivity index is 1.94. The van der Waals surface area contributed by atoms with Gasteiger partial charge in [0, 0.05) is 18.8 Å². The molecule has 0 bridgehead atoms. The van der Waals surface area contributed by atoms with Crippen molar-refractivity contribution in [2.45, 2.75) is 44.6 Å². The number of likely N-dealkylation sites (N-methyl/N-ethyl adjacent to an activating group) is 1. The average molecular weight is 525 g/mol. The summed E-state index contributed by atoms with van der Waals surface area (Å²) in [5.41, 5.74) is 2.69. The summed E-state index contributed by atoms with van der Waals surface area (Å²) in [6, 6.07) is 17.9. The number of phenols is 1. The van der Waals surface area contributed by atoms with Crippen LogP contribution in [0.2, 0.25) is 0 Å². The molecular weight excluding hydrogens is 492 g/mol. The van der Waals surface area contributed by atoms with E-state index in [-0.39, 0.29) is 28.1 Å². The molecule has 37 heavy (non-hydrogen) atoms. The summed E-state index contributed by atoms with van der Waals surface area (Å²) in [7, 11) is -2.60. The standard InChI is InChI=1S/C28H32N2O6S/c1-19-6-13-23(14-7-19)37(35,36)29(5)18-26(32)30(22-12-15-24(27(33)34)25(31)16-22)17-20-8-10-21(11-9-20)28(2,3)4/h6-16,31H,17-18H2,1-5H3,(H,33,34). The number of rotatable bonds is 8. The summed E-state index contributed by atoms with van der Waals surface area (Å²) in [6.07, 6.45) is 0. The molecule has 8 nitrogen and oxygen atoms in total. The Labute approximate surface area is 217 Å². The van der Waals surface area contributed by atoms with Gasteiger partial charge in [0.25, 0.3) is 0 Å². The lowest BCUT2D eigenvalue weighted by Crippen LogP contribution is -2.41. The van der Waals surface area contributed by atoms with Gasteiger partial charge in [0.15, 0.2) is 0 Å². The summed E-state index contributed by atoms with van der Waals surface area (Å²) in [5, 5.41) is 19.5. The van der Waals surface area contributed by atoms with Gasteiger partial charge in [-0.3, -0.25) is 4.79 Å². The lowest BCUT2D eigenvalue weighted by Gasteiger charge is -2.26. The van der Waals surface area contributed by atoms with Gasteiger partial charge in [-0.05, 0) is 47.7 Å². The number of aryl methyl sites for hydroxylation is 1. The zero-order valence-corrected chi connectivity index (χ0v) is 22.4. The van der Waals surface area contributed by atoms with E-state index in [0.717, 1.165) is 21.0 Å². The third-order valence-electron chi connectivity index (χ3n) is 6.07. The Hall–Kier alpha value is -3.69. The molecule has 0 aliphatic carbocycles. The van der Waals surface area contributed by atoms with Gasteiger partial charge in [0.05, 0.1) is 18.0 Å². The molecule has 0 fully saturated rings. The molecule has 3 aromatic carbocycles. The quantitative estimate of drug-likeness (QED) is 0.447. The highest BCUT2D eigenvalue weighted by Gasteiger charge is 2.27. The second-order valence-electron chi connectivity index (χ2n) is 10.0. The zero-order chi connectivity index (χ0) is 27.5. The zero-order valence-electron chi connectivity index (χ0n) is 21.6. The van der Waals surface area contributed by atoms with Crippen LogP contribution in [-0.4, -0.2) is 48.4 Å². The molecule has 196 valence electrons. The van der Waals surface area contributed by atoms with E-state index in [4.69, 9.17) is 0 Å². The van der Waals surface area contributed by atoms with Crippen molar-refractivity contribution in [3.63, 3.8) is 0 Å². The number of carbonyl (C=O) groups excluding carboxylic acids is 1. The first-order chi connectivity index (χ1) is 17.2. The first-order valence-electron chi connectivity index (χ1n) is 11.7. The van der Waals surface area contributed by atoms with Gasteiger partial charge in [0.1, 0.15) is 11.3 Å². The molecule has 1 amide bonds. The van der Waals surface area contributed by atoms with Gasteiger partial charge in [0.2, 0.25) is 15.9 Å². The van der Waals surface area contributed by atoms with Crippen LogP contribution < -0.4 is 4.90 Å².